The van der Waals surface area contributed by atoms with Crippen LogP contribution in [0.4, 0.5) is 0 Å². The van der Waals surface area contributed by atoms with Crippen LogP contribution in [-0.2, 0) is 11.2 Å². The molecule has 2 amide bonds. The van der Waals surface area contributed by atoms with Gasteiger partial charge in [0, 0.05) is 10.4 Å². The number of hydrogen-bond donors (Lipinski definition) is 2. The van der Waals surface area contributed by atoms with E-state index in [2.05, 4.69) is 22.8 Å². The van der Waals surface area contributed by atoms with E-state index in [0.29, 0.717) is 5.56 Å². The zero-order valence-electron chi connectivity index (χ0n) is 16.9. The molecule has 0 radical (unpaired) electrons. The van der Waals surface area contributed by atoms with Crippen LogP contribution in [0.2, 0.25) is 0 Å². The highest BCUT2D eigenvalue weighted by Crippen LogP contribution is 2.29. The number of fused-ring (bicyclic) bond motifs is 1. The monoisotopic (exact) mass is 416 g/mol. The van der Waals surface area contributed by atoms with Gasteiger partial charge in [-0.25, -0.2) is 0 Å². The number of benzene rings is 2. The van der Waals surface area contributed by atoms with Gasteiger partial charge in [-0.2, -0.15) is 0 Å². The second-order valence-corrected chi connectivity index (χ2v) is 8.49. The third kappa shape index (κ3) is 4.69. The summed E-state index contributed by atoms with van der Waals surface area (Å²) < 4.78 is 0. The van der Waals surface area contributed by atoms with Crippen molar-refractivity contribution in [2.24, 2.45) is 0 Å². The van der Waals surface area contributed by atoms with Crippen molar-refractivity contribution >= 4 is 29.2 Å². The molecule has 0 unspecified atom stereocenters. The van der Waals surface area contributed by atoms with Crippen LogP contribution < -0.4 is 10.6 Å². The van der Waals surface area contributed by atoms with Crippen molar-refractivity contribution in [3.8, 4) is 0 Å². The van der Waals surface area contributed by atoms with Crippen LogP contribution in [-0.4, -0.2) is 11.8 Å². The number of hydrogen-bond acceptors (Lipinski definition) is 3. The van der Waals surface area contributed by atoms with E-state index >= 15 is 0 Å². The summed E-state index contributed by atoms with van der Waals surface area (Å²) >= 11 is 1.52. The molecule has 0 aliphatic heterocycles. The maximum absolute atomic E-state index is 13.2. The lowest BCUT2D eigenvalue weighted by Gasteiger charge is -2.26. The maximum Gasteiger partial charge on any atom is 0.268 e. The molecule has 1 aromatic heterocycles. The Hall–Kier alpha value is -3.18. The summed E-state index contributed by atoms with van der Waals surface area (Å²) in [5, 5.41) is 7.90. The van der Waals surface area contributed by atoms with Crippen LogP contribution in [0.5, 0.6) is 0 Å². The molecule has 1 aliphatic carbocycles. The fourth-order valence-electron chi connectivity index (χ4n) is 3.71. The first kappa shape index (κ1) is 20.1. The fraction of sp³-hybridized carbons (Fsp3) is 0.200. The van der Waals surface area contributed by atoms with Crippen LogP contribution in [0.15, 0.2) is 71.7 Å². The first-order valence-corrected chi connectivity index (χ1v) is 11.0. The van der Waals surface area contributed by atoms with Gasteiger partial charge in [0.1, 0.15) is 5.70 Å². The average molecular weight is 417 g/mol. The van der Waals surface area contributed by atoms with Gasteiger partial charge in [0.05, 0.1) is 6.04 Å². The Morgan fingerprint density at radius 2 is 1.83 bits per heavy atom. The second kappa shape index (κ2) is 9.09. The summed E-state index contributed by atoms with van der Waals surface area (Å²) in [5.41, 5.74) is 4.30. The van der Waals surface area contributed by atoms with Gasteiger partial charge in [0.2, 0.25) is 0 Å². The van der Waals surface area contributed by atoms with E-state index < -0.39 is 0 Å². The zero-order chi connectivity index (χ0) is 20.9. The van der Waals surface area contributed by atoms with Gasteiger partial charge in [0.15, 0.2) is 0 Å². The number of carbonyl (C=O) groups is 2. The van der Waals surface area contributed by atoms with Crippen molar-refractivity contribution < 1.29 is 9.59 Å². The Morgan fingerprint density at radius 1 is 1.03 bits per heavy atom. The predicted octanol–water partition coefficient (Wildman–Crippen LogP) is 5.02. The average Bonchev–Trinajstić information content (AvgIpc) is 3.27. The first-order chi connectivity index (χ1) is 14.6. The molecule has 1 heterocycles. The lowest BCUT2D eigenvalue weighted by molar-refractivity contribution is -0.118. The van der Waals surface area contributed by atoms with Gasteiger partial charge in [-0.1, -0.05) is 48.0 Å². The van der Waals surface area contributed by atoms with Crippen molar-refractivity contribution in [3.05, 3.63) is 98.9 Å². The van der Waals surface area contributed by atoms with E-state index in [4.69, 9.17) is 0 Å². The highest BCUT2D eigenvalue weighted by Gasteiger charge is 2.23. The molecule has 4 nitrogen and oxygen atoms in total. The van der Waals surface area contributed by atoms with Crippen LogP contribution in [0, 0.1) is 6.92 Å². The molecule has 30 heavy (non-hydrogen) atoms. The van der Waals surface area contributed by atoms with Gasteiger partial charge < -0.3 is 10.6 Å². The number of rotatable bonds is 5. The maximum atomic E-state index is 13.2. The molecule has 0 saturated carbocycles. The Kier molecular flexibility index (Phi) is 6.10. The molecule has 2 aromatic carbocycles. The summed E-state index contributed by atoms with van der Waals surface area (Å²) in [7, 11) is 0. The van der Waals surface area contributed by atoms with Gasteiger partial charge in [0.25, 0.3) is 11.8 Å². The van der Waals surface area contributed by atoms with Gasteiger partial charge in [-0.3, -0.25) is 9.59 Å². The first-order valence-electron chi connectivity index (χ1n) is 10.1. The lowest BCUT2D eigenvalue weighted by Crippen LogP contribution is -2.37. The third-order valence-electron chi connectivity index (χ3n) is 5.31. The normalized spacial score (nSPS) is 15.9. The molecule has 0 fully saturated rings. The summed E-state index contributed by atoms with van der Waals surface area (Å²) in [6.45, 7) is 1.97. The molecule has 152 valence electrons. The van der Waals surface area contributed by atoms with Crippen molar-refractivity contribution in [2.45, 2.75) is 32.2 Å². The number of thiophene rings is 1. The molecule has 1 atom stereocenters. The molecule has 1 aliphatic rings. The van der Waals surface area contributed by atoms with E-state index in [0.717, 1.165) is 35.3 Å². The van der Waals surface area contributed by atoms with E-state index in [-0.39, 0.29) is 23.6 Å². The van der Waals surface area contributed by atoms with Crippen molar-refractivity contribution in [2.75, 3.05) is 0 Å². The molecular weight excluding hydrogens is 392 g/mol. The lowest BCUT2D eigenvalue weighted by atomic mass is 9.87. The van der Waals surface area contributed by atoms with Crippen molar-refractivity contribution in [3.63, 3.8) is 0 Å². The zero-order valence-corrected chi connectivity index (χ0v) is 17.7. The standard InChI is InChI=1S/C25H24N2O2S/c1-17-11-13-19(14-12-17)24(28)27-23(16-20-8-5-15-30-20)25(29)26-22-10-4-7-18-6-2-3-9-21(18)22/h2-3,5-6,8-9,11-16,22H,4,7,10H2,1H3,(H,26,29)(H,27,28)/b23-16-/t22-/m1/s1. The Labute approximate surface area is 180 Å². The number of nitrogens with one attached hydrogen (secondary N) is 2. The highest BCUT2D eigenvalue weighted by atomic mass is 32.1. The topological polar surface area (TPSA) is 58.2 Å². The van der Waals surface area contributed by atoms with Crippen molar-refractivity contribution in [1.29, 1.82) is 0 Å². The Bertz CT molecular complexity index is 1070. The summed E-state index contributed by atoms with van der Waals surface area (Å²) in [6, 6.07) is 19.3. The smallest absolute Gasteiger partial charge is 0.268 e. The quantitative estimate of drug-likeness (QED) is 0.574. The predicted molar refractivity (Wildman–Crippen MR) is 121 cm³/mol. The minimum Gasteiger partial charge on any atom is -0.344 e. The Balaban J connectivity index is 1.56. The molecular formula is C25H24N2O2S. The summed E-state index contributed by atoms with van der Waals surface area (Å²) in [6.07, 6.45) is 4.69. The molecule has 0 bridgehead atoms. The molecule has 3 aromatic rings. The summed E-state index contributed by atoms with van der Waals surface area (Å²) in [5.74, 6) is -0.567. The van der Waals surface area contributed by atoms with E-state index in [9.17, 15) is 9.59 Å². The van der Waals surface area contributed by atoms with Gasteiger partial charge >= 0.3 is 0 Å². The molecule has 5 heteroatoms. The van der Waals surface area contributed by atoms with E-state index in [1.807, 2.05) is 48.7 Å². The Morgan fingerprint density at radius 3 is 2.60 bits per heavy atom. The van der Waals surface area contributed by atoms with Crippen LogP contribution in [0.1, 0.15) is 50.8 Å². The SMILES string of the molecule is Cc1ccc(C(=O)N/C(=C\c2cccs2)C(=O)N[C@@H]2CCCc3ccccc32)cc1. The number of amides is 2. The van der Waals surface area contributed by atoms with E-state index in [1.165, 1.54) is 16.9 Å². The van der Waals surface area contributed by atoms with Gasteiger partial charge in [-0.05, 0) is 67.0 Å². The molecule has 2 N–H and O–H groups in total. The minimum absolute atomic E-state index is 0.0505. The van der Waals surface area contributed by atoms with Crippen LogP contribution in [0.25, 0.3) is 6.08 Å². The van der Waals surface area contributed by atoms with Crippen LogP contribution in [0.3, 0.4) is 0 Å². The molecule has 0 saturated heterocycles. The third-order valence-corrected chi connectivity index (χ3v) is 6.13. The highest BCUT2D eigenvalue weighted by molar-refractivity contribution is 7.10. The molecule has 4 rings (SSSR count). The largest absolute Gasteiger partial charge is 0.344 e. The fourth-order valence-corrected chi connectivity index (χ4v) is 4.37. The van der Waals surface area contributed by atoms with E-state index in [1.54, 1.807) is 18.2 Å². The number of aryl methyl sites for hydroxylation is 2. The summed E-state index contributed by atoms with van der Waals surface area (Å²) in [4.78, 5) is 26.9. The van der Waals surface area contributed by atoms with Crippen molar-refractivity contribution in [1.82, 2.24) is 10.6 Å². The van der Waals surface area contributed by atoms with Gasteiger partial charge in [-0.15, -0.1) is 11.3 Å². The molecule has 0 spiro atoms. The number of carbonyl (C=O) groups excluding carboxylic acids is 2. The second-order valence-electron chi connectivity index (χ2n) is 7.51. The minimum atomic E-state index is -0.294. The van der Waals surface area contributed by atoms with Crippen LogP contribution >= 0.6 is 11.3 Å².